The Morgan fingerprint density at radius 3 is 2.35 bits per heavy atom. The Balaban J connectivity index is 1.60. The lowest BCUT2D eigenvalue weighted by atomic mass is 10.1. The molecule has 156 valence electrons. The normalized spacial score (nSPS) is 10.8. The summed E-state index contributed by atoms with van der Waals surface area (Å²) in [7, 11) is 0. The van der Waals surface area contributed by atoms with Crippen LogP contribution in [0.5, 0.6) is 0 Å². The van der Waals surface area contributed by atoms with E-state index in [1.807, 2.05) is 54.6 Å². The lowest BCUT2D eigenvalue weighted by Gasteiger charge is -2.09. The molecular weight excluding hydrogens is 453 g/mol. The maximum absolute atomic E-state index is 13.0. The van der Waals surface area contributed by atoms with Crippen LogP contribution in [0.4, 0.5) is 0 Å². The second-order valence-electron chi connectivity index (χ2n) is 6.88. The molecule has 31 heavy (non-hydrogen) atoms. The van der Waals surface area contributed by atoms with E-state index < -0.39 is 0 Å². The molecule has 3 aromatic carbocycles. The van der Waals surface area contributed by atoms with Crippen molar-refractivity contribution < 1.29 is 4.79 Å². The number of hydrogen-bond acceptors (Lipinski definition) is 2. The molecule has 0 fully saturated rings. The van der Waals surface area contributed by atoms with Crippen LogP contribution in [0.2, 0.25) is 15.1 Å². The van der Waals surface area contributed by atoms with E-state index in [2.05, 4.69) is 10.4 Å². The van der Waals surface area contributed by atoms with Crippen LogP contribution in [0.1, 0.15) is 16.1 Å². The van der Waals surface area contributed by atoms with Crippen LogP contribution in [-0.2, 0) is 6.42 Å². The average Bonchev–Trinajstić information content (AvgIpc) is 3.21. The predicted octanol–water partition coefficient (Wildman–Crippen LogP) is 6.47. The van der Waals surface area contributed by atoms with Gasteiger partial charge in [-0.3, -0.25) is 4.79 Å². The molecular formula is C24H18Cl3N3O. The molecule has 0 spiro atoms. The predicted molar refractivity (Wildman–Crippen MR) is 127 cm³/mol. The van der Waals surface area contributed by atoms with Gasteiger partial charge < -0.3 is 5.32 Å². The molecule has 0 atom stereocenters. The fourth-order valence-corrected chi connectivity index (χ4v) is 3.97. The van der Waals surface area contributed by atoms with Gasteiger partial charge in [0, 0.05) is 22.2 Å². The standard InChI is InChI=1S/C24H18Cl3N3O/c25-17-11-10-16(21(27)14-17)12-13-28-24(31)23-15-22(19-8-4-5-9-20(19)26)29-30(23)18-6-2-1-3-7-18/h1-11,14-15H,12-13H2,(H,28,31). The van der Waals surface area contributed by atoms with E-state index in [-0.39, 0.29) is 5.91 Å². The summed E-state index contributed by atoms with van der Waals surface area (Å²) < 4.78 is 1.63. The topological polar surface area (TPSA) is 46.9 Å². The van der Waals surface area contributed by atoms with E-state index in [4.69, 9.17) is 34.8 Å². The number of carbonyl (C=O) groups is 1. The Morgan fingerprint density at radius 1 is 0.871 bits per heavy atom. The SMILES string of the molecule is O=C(NCCc1ccc(Cl)cc1Cl)c1cc(-c2ccccc2Cl)nn1-c1ccccc1. The van der Waals surface area contributed by atoms with Gasteiger partial charge in [-0.2, -0.15) is 5.10 Å². The molecule has 1 N–H and O–H groups in total. The fourth-order valence-electron chi connectivity index (χ4n) is 3.24. The minimum atomic E-state index is -0.236. The number of benzene rings is 3. The highest BCUT2D eigenvalue weighted by molar-refractivity contribution is 6.35. The molecule has 0 unspecified atom stereocenters. The molecule has 7 heteroatoms. The van der Waals surface area contributed by atoms with Crippen molar-refractivity contribution in [3.05, 3.63) is 105 Å². The molecule has 0 aliphatic carbocycles. The summed E-state index contributed by atoms with van der Waals surface area (Å²) in [6.45, 7) is 0.418. The third-order valence-electron chi connectivity index (χ3n) is 4.79. The second kappa shape index (κ2) is 9.56. The molecule has 1 amide bonds. The van der Waals surface area contributed by atoms with Crippen molar-refractivity contribution in [2.45, 2.75) is 6.42 Å². The summed E-state index contributed by atoms with van der Waals surface area (Å²) in [5.41, 5.74) is 3.51. The average molecular weight is 471 g/mol. The number of nitrogens with zero attached hydrogens (tertiary/aromatic N) is 2. The second-order valence-corrected chi connectivity index (χ2v) is 8.13. The Labute approximate surface area is 195 Å². The summed E-state index contributed by atoms with van der Waals surface area (Å²) in [5.74, 6) is -0.236. The van der Waals surface area contributed by atoms with Crippen LogP contribution in [0.3, 0.4) is 0 Å². The zero-order valence-corrected chi connectivity index (χ0v) is 18.6. The fraction of sp³-hybridized carbons (Fsp3) is 0.0833. The van der Waals surface area contributed by atoms with Crippen molar-refractivity contribution in [1.29, 1.82) is 0 Å². The quantitative estimate of drug-likeness (QED) is 0.351. The van der Waals surface area contributed by atoms with E-state index in [1.54, 1.807) is 28.9 Å². The van der Waals surface area contributed by atoms with Crippen molar-refractivity contribution in [3.63, 3.8) is 0 Å². The molecule has 4 nitrogen and oxygen atoms in total. The molecule has 4 rings (SSSR count). The van der Waals surface area contributed by atoms with Crippen LogP contribution in [0.15, 0.2) is 78.9 Å². The molecule has 4 aromatic rings. The van der Waals surface area contributed by atoms with Gasteiger partial charge in [0.2, 0.25) is 0 Å². The number of halogens is 3. The van der Waals surface area contributed by atoms with Gasteiger partial charge in [0.25, 0.3) is 5.91 Å². The molecule has 0 saturated heterocycles. The highest BCUT2D eigenvalue weighted by Crippen LogP contribution is 2.28. The first kappa shape index (κ1) is 21.4. The number of para-hydroxylation sites is 1. The van der Waals surface area contributed by atoms with Crippen molar-refractivity contribution >= 4 is 40.7 Å². The number of carbonyl (C=O) groups excluding carboxylic acids is 1. The Morgan fingerprint density at radius 2 is 1.61 bits per heavy atom. The van der Waals surface area contributed by atoms with E-state index in [1.165, 1.54) is 0 Å². The van der Waals surface area contributed by atoms with Crippen molar-refractivity contribution in [3.8, 4) is 16.9 Å². The number of amides is 1. The molecule has 1 aromatic heterocycles. The molecule has 1 heterocycles. The first-order valence-corrected chi connectivity index (χ1v) is 10.8. The summed E-state index contributed by atoms with van der Waals surface area (Å²) in [4.78, 5) is 13.0. The van der Waals surface area contributed by atoms with E-state index in [0.717, 1.165) is 16.8 Å². The molecule has 0 aliphatic heterocycles. The van der Waals surface area contributed by atoms with Gasteiger partial charge in [-0.1, -0.05) is 77.3 Å². The third-order valence-corrected chi connectivity index (χ3v) is 5.70. The summed E-state index contributed by atoms with van der Waals surface area (Å²) >= 11 is 18.5. The summed E-state index contributed by atoms with van der Waals surface area (Å²) in [6.07, 6.45) is 0.582. The van der Waals surface area contributed by atoms with Crippen molar-refractivity contribution in [1.82, 2.24) is 15.1 Å². The summed E-state index contributed by atoms with van der Waals surface area (Å²) in [5, 5.41) is 9.35. The van der Waals surface area contributed by atoms with Gasteiger partial charge in [0.1, 0.15) is 5.69 Å². The molecule has 0 saturated carbocycles. The number of hydrogen-bond donors (Lipinski definition) is 1. The summed E-state index contributed by atoms with van der Waals surface area (Å²) in [6, 6.07) is 24.0. The lowest BCUT2D eigenvalue weighted by Crippen LogP contribution is -2.27. The van der Waals surface area contributed by atoms with Crippen LogP contribution < -0.4 is 5.32 Å². The number of rotatable bonds is 6. The third kappa shape index (κ3) is 4.93. The van der Waals surface area contributed by atoms with Crippen molar-refractivity contribution in [2.24, 2.45) is 0 Å². The highest BCUT2D eigenvalue weighted by atomic mass is 35.5. The van der Waals surface area contributed by atoms with Crippen LogP contribution in [-0.4, -0.2) is 22.2 Å². The Hall–Kier alpha value is -2.79. The maximum Gasteiger partial charge on any atom is 0.270 e. The Bertz CT molecular complexity index is 1220. The van der Waals surface area contributed by atoms with E-state index >= 15 is 0 Å². The van der Waals surface area contributed by atoms with Crippen molar-refractivity contribution in [2.75, 3.05) is 6.54 Å². The van der Waals surface area contributed by atoms with Crippen LogP contribution >= 0.6 is 34.8 Å². The number of aromatic nitrogens is 2. The number of nitrogens with one attached hydrogen (secondary N) is 1. The Kier molecular flexibility index (Phi) is 6.62. The van der Waals surface area contributed by atoms with Gasteiger partial charge in [0.05, 0.1) is 16.4 Å². The lowest BCUT2D eigenvalue weighted by molar-refractivity contribution is 0.0946. The zero-order chi connectivity index (χ0) is 21.8. The monoisotopic (exact) mass is 469 g/mol. The smallest absolute Gasteiger partial charge is 0.270 e. The first-order chi connectivity index (χ1) is 15.0. The van der Waals surface area contributed by atoms with Gasteiger partial charge in [0.15, 0.2) is 0 Å². The van der Waals surface area contributed by atoms with Gasteiger partial charge in [-0.25, -0.2) is 4.68 Å². The van der Waals surface area contributed by atoms with Crippen LogP contribution in [0.25, 0.3) is 16.9 Å². The van der Waals surface area contributed by atoms with E-state index in [0.29, 0.717) is 39.4 Å². The molecule has 0 bridgehead atoms. The van der Waals surface area contributed by atoms with Gasteiger partial charge in [-0.05, 0) is 48.4 Å². The highest BCUT2D eigenvalue weighted by Gasteiger charge is 2.18. The minimum Gasteiger partial charge on any atom is -0.350 e. The maximum atomic E-state index is 13.0. The van der Waals surface area contributed by atoms with E-state index in [9.17, 15) is 4.79 Å². The molecule has 0 radical (unpaired) electrons. The van der Waals surface area contributed by atoms with Gasteiger partial charge >= 0.3 is 0 Å². The van der Waals surface area contributed by atoms with Gasteiger partial charge in [-0.15, -0.1) is 0 Å². The molecule has 0 aliphatic rings. The minimum absolute atomic E-state index is 0.236. The van der Waals surface area contributed by atoms with Crippen LogP contribution in [0, 0.1) is 0 Å². The first-order valence-electron chi connectivity index (χ1n) is 9.65. The zero-order valence-electron chi connectivity index (χ0n) is 16.4. The largest absolute Gasteiger partial charge is 0.350 e.